The van der Waals surface area contributed by atoms with Crippen molar-refractivity contribution in [2.45, 2.75) is 11.3 Å². The van der Waals surface area contributed by atoms with E-state index in [1.165, 1.54) is 4.31 Å². The highest BCUT2D eigenvalue weighted by Crippen LogP contribution is 2.25. The monoisotopic (exact) mass is 400 g/mol. The molecule has 0 radical (unpaired) electrons. The van der Waals surface area contributed by atoms with Crippen molar-refractivity contribution in [2.24, 2.45) is 0 Å². The molecule has 1 aliphatic rings. The summed E-state index contributed by atoms with van der Waals surface area (Å²) < 4.78 is 65.5. The van der Waals surface area contributed by atoms with Crippen LogP contribution in [0.5, 0.6) is 5.75 Å². The average Bonchev–Trinajstić information content (AvgIpc) is 2.55. The van der Waals surface area contributed by atoms with Crippen LogP contribution in [0.2, 0.25) is 0 Å². The molecule has 1 fully saturated rings. The number of halogens is 3. The SMILES string of the molecule is O=C(O)C(=O)O.O=S(=O)(c1ccc(OC(F)(F)F)cc1)N1CCNCC1. The first kappa shape index (κ1) is 21.7. The number of nitrogens with one attached hydrogen (secondary N) is 1. The van der Waals surface area contributed by atoms with Gasteiger partial charge in [-0.3, -0.25) is 0 Å². The molecule has 0 aliphatic carbocycles. The second kappa shape index (κ2) is 8.82. The number of carboxylic acids is 2. The molecule has 1 heterocycles. The smallest absolute Gasteiger partial charge is 0.473 e. The molecule has 3 N–H and O–H groups in total. The Labute approximate surface area is 146 Å². The minimum Gasteiger partial charge on any atom is -0.473 e. The number of hydrogen-bond acceptors (Lipinski definition) is 6. The Morgan fingerprint density at radius 2 is 1.50 bits per heavy atom. The van der Waals surface area contributed by atoms with Gasteiger partial charge < -0.3 is 20.3 Å². The topological polar surface area (TPSA) is 133 Å². The lowest BCUT2D eigenvalue weighted by atomic mass is 10.3. The van der Waals surface area contributed by atoms with Crippen LogP contribution in [0.1, 0.15) is 0 Å². The van der Waals surface area contributed by atoms with Crippen LogP contribution in [0.4, 0.5) is 13.2 Å². The van der Waals surface area contributed by atoms with Gasteiger partial charge in [-0.05, 0) is 24.3 Å². The van der Waals surface area contributed by atoms with E-state index < -0.39 is 34.1 Å². The maximum Gasteiger partial charge on any atom is 0.573 e. The van der Waals surface area contributed by atoms with E-state index in [9.17, 15) is 21.6 Å². The molecule has 9 nitrogen and oxygen atoms in total. The molecule has 0 amide bonds. The second-order valence-corrected chi connectivity index (χ2v) is 6.72. The van der Waals surface area contributed by atoms with Crippen LogP contribution in [-0.4, -0.2) is 67.4 Å². The highest BCUT2D eigenvalue weighted by atomic mass is 32.2. The van der Waals surface area contributed by atoms with E-state index in [1.807, 2.05) is 0 Å². The van der Waals surface area contributed by atoms with E-state index in [-0.39, 0.29) is 4.90 Å². The number of carboxylic acid groups (broad SMARTS) is 2. The van der Waals surface area contributed by atoms with E-state index in [1.54, 1.807) is 0 Å². The van der Waals surface area contributed by atoms with Crippen LogP contribution < -0.4 is 10.1 Å². The summed E-state index contributed by atoms with van der Waals surface area (Å²) >= 11 is 0. The molecule has 13 heteroatoms. The number of nitrogens with zero attached hydrogens (tertiary/aromatic N) is 1. The van der Waals surface area contributed by atoms with Gasteiger partial charge in [0.2, 0.25) is 10.0 Å². The molecule has 0 saturated carbocycles. The highest BCUT2D eigenvalue weighted by molar-refractivity contribution is 7.89. The van der Waals surface area contributed by atoms with Gasteiger partial charge in [0.1, 0.15) is 5.75 Å². The molecule has 2 rings (SSSR count). The van der Waals surface area contributed by atoms with Crippen molar-refractivity contribution in [1.82, 2.24) is 9.62 Å². The summed E-state index contributed by atoms with van der Waals surface area (Å²) in [5.41, 5.74) is 0. The van der Waals surface area contributed by atoms with E-state index in [2.05, 4.69) is 10.1 Å². The zero-order chi connectivity index (χ0) is 20.0. The van der Waals surface area contributed by atoms with Gasteiger partial charge >= 0.3 is 18.3 Å². The first-order chi connectivity index (χ1) is 11.9. The number of rotatable bonds is 3. The van der Waals surface area contributed by atoms with Gasteiger partial charge in [0.15, 0.2) is 0 Å². The molecular weight excluding hydrogens is 385 g/mol. The number of alkyl halides is 3. The predicted octanol–water partition coefficient (Wildman–Crippen LogP) is 0.335. The number of hydrogen-bond donors (Lipinski definition) is 3. The largest absolute Gasteiger partial charge is 0.573 e. The fraction of sp³-hybridized carbons (Fsp3) is 0.385. The van der Waals surface area contributed by atoms with E-state index in [0.29, 0.717) is 26.2 Å². The predicted molar refractivity (Wildman–Crippen MR) is 80.0 cm³/mol. The normalized spacial score (nSPS) is 15.5. The molecule has 1 aliphatic heterocycles. The maximum atomic E-state index is 12.2. The van der Waals surface area contributed by atoms with E-state index >= 15 is 0 Å². The van der Waals surface area contributed by atoms with Crippen LogP contribution >= 0.6 is 0 Å². The van der Waals surface area contributed by atoms with Crippen molar-refractivity contribution in [3.05, 3.63) is 24.3 Å². The number of benzene rings is 1. The van der Waals surface area contributed by atoms with Gasteiger partial charge in [-0.25, -0.2) is 18.0 Å². The fourth-order valence-corrected chi connectivity index (χ4v) is 3.29. The quantitative estimate of drug-likeness (QED) is 0.619. The molecule has 1 aromatic rings. The molecular formula is C13H15F3N2O7S. The number of carbonyl (C=O) groups is 2. The number of sulfonamides is 1. The molecule has 0 atom stereocenters. The molecule has 146 valence electrons. The van der Waals surface area contributed by atoms with Gasteiger partial charge in [0.05, 0.1) is 4.90 Å². The average molecular weight is 400 g/mol. The Kier molecular flexibility index (Phi) is 7.35. The van der Waals surface area contributed by atoms with Crippen molar-refractivity contribution in [2.75, 3.05) is 26.2 Å². The molecule has 1 aromatic carbocycles. The van der Waals surface area contributed by atoms with E-state index in [4.69, 9.17) is 19.8 Å². The first-order valence-electron chi connectivity index (χ1n) is 6.96. The Morgan fingerprint density at radius 1 is 1.04 bits per heavy atom. The standard InChI is InChI=1S/C11H13F3N2O3S.C2H2O4/c12-11(13,14)19-9-1-3-10(4-2-9)20(17,18)16-7-5-15-6-8-16;3-1(4)2(5)6/h1-4,15H,5-8H2;(H,3,4)(H,5,6). The van der Waals surface area contributed by atoms with Crippen molar-refractivity contribution >= 4 is 22.0 Å². The molecule has 1 saturated heterocycles. The van der Waals surface area contributed by atoms with Crippen molar-refractivity contribution in [3.8, 4) is 5.75 Å². The van der Waals surface area contributed by atoms with Crippen LogP contribution in [0, 0.1) is 0 Å². The third-order valence-corrected chi connectivity index (χ3v) is 4.87. The summed E-state index contributed by atoms with van der Waals surface area (Å²) in [5, 5.41) is 17.8. The summed E-state index contributed by atoms with van der Waals surface area (Å²) in [5.74, 6) is -4.10. The summed E-state index contributed by atoms with van der Waals surface area (Å²) in [6.07, 6.45) is -4.79. The molecule has 26 heavy (non-hydrogen) atoms. The third-order valence-electron chi connectivity index (χ3n) is 2.95. The van der Waals surface area contributed by atoms with Crippen LogP contribution in [0.25, 0.3) is 0 Å². The highest BCUT2D eigenvalue weighted by Gasteiger charge is 2.31. The lowest BCUT2D eigenvalue weighted by molar-refractivity contribution is -0.274. The third kappa shape index (κ3) is 6.85. The minimum absolute atomic E-state index is 0.0473. The fourth-order valence-electron chi connectivity index (χ4n) is 1.85. The van der Waals surface area contributed by atoms with Crippen molar-refractivity contribution in [1.29, 1.82) is 0 Å². The van der Waals surface area contributed by atoms with Gasteiger partial charge in [0.25, 0.3) is 0 Å². The van der Waals surface area contributed by atoms with Gasteiger partial charge in [-0.2, -0.15) is 4.31 Å². The molecule has 0 unspecified atom stereocenters. The van der Waals surface area contributed by atoms with Gasteiger partial charge in [-0.15, -0.1) is 13.2 Å². The summed E-state index contributed by atoms with van der Waals surface area (Å²) in [6.45, 7) is 1.77. The Hall–Kier alpha value is -2.38. The van der Waals surface area contributed by atoms with Crippen molar-refractivity contribution in [3.63, 3.8) is 0 Å². The lowest BCUT2D eigenvalue weighted by Crippen LogP contribution is -2.46. The summed E-state index contributed by atoms with van der Waals surface area (Å²) in [4.78, 5) is 18.2. The summed E-state index contributed by atoms with van der Waals surface area (Å²) in [7, 11) is -3.67. The number of aliphatic carboxylic acids is 2. The van der Waals surface area contributed by atoms with Crippen LogP contribution in [0.3, 0.4) is 0 Å². The molecule has 0 bridgehead atoms. The maximum absolute atomic E-state index is 12.2. The summed E-state index contributed by atoms with van der Waals surface area (Å²) in [6, 6.07) is 4.20. The zero-order valence-corrected chi connectivity index (χ0v) is 13.9. The van der Waals surface area contributed by atoms with Gasteiger partial charge in [0, 0.05) is 26.2 Å². The number of ether oxygens (including phenoxy) is 1. The van der Waals surface area contributed by atoms with Crippen LogP contribution in [0.15, 0.2) is 29.2 Å². The Balaban J connectivity index is 0.000000487. The second-order valence-electron chi connectivity index (χ2n) is 4.78. The van der Waals surface area contributed by atoms with E-state index in [0.717, 1.165) is 24.3 Å². The number of piperazine rings is 1. The van der Waals surface area contributed by atoms with Gasteiger partial charge in [-0.1, -0.05) is 0 Å². The first-order valence-corrected chi connectivity index (χ1v) is 8.40. The van der Waals surface area contributed by atoms with Crippen molar-refractivity contribution < 1.29 is 46.1 Å². The minimum atomic E-state index is -4.79. The molecule has 0 spiro atoms. The Bertz CT molecular complexity index is 717. The zero-order valence-electron chi connectivity index (χ0n) is 13.1. The Morgan fingerprint density at radius 3 is 1.88 bits per heavy atom. The molecule has 0 aromatic heterocycles. The lowest BCUT2D eigenvalue weighted by Gasteiger charge is -2.26. The van der Waals surface area contributed by atoms with Crippen LogP contribution in [-0.2, 0) is 19.6 Å².